The van der Waals surface area contributed by atoms with E-state index in [-0.39, 0.29) is 11.3 Å². The van der Waals surface area contributed by atoms with Crippen molar-refractivity contribution in [1.82, 2.24) is 4.90 Å². The van der Waals surface area contributed by atoms with Gasteiger partial charge in [0.25, 0.3) is 5.91 Å². The summed E-state index contributed by atoms with van der Waals surface area (Å²) in [6.45, 7) is 7.02. The number of fused-ring (bicyclic) bond motifs is 2. The van der Waals surface area contributed by atoms with Crippen LogP contribution in [0.3, 0.4) is 0 Å². The molecule has 1 amide bonds. The molecule has 2 aromatic carbocycles. The lowest BCUT2D eigenvalue weighted by atomic mass is 9.74. The average Bonchev–Trinajstić information content (AvgIpc) is 3.06. The lowest BCUT2D eigenvalue weighted by molar-refractivity contribution is 0.0646. The van der Waals surface area contributed by atoms with Gasteiger partial charge in [-0.05, 0) is 61.1 Å². The first-order chi connectivity index (χ1) is 13.1. The average molecular weight is 364 g/mol. The number of carbonyl (C=O) groups is 1. The first-order valence-corrected chi connectivity index (χ1v) is 9.91. The normalized spacial score (nSPS) is 17.7. The number of carbonyl (C=O) groups excluding carboxylic acids is 1. The Balaban J connectivity index is 1.51. The van der Waals surface area contributed by atoms with E-state index in [4.69, 9.17) is 10.5 Å². The summed E-state index contributed by atoms with van der Waals surface area (Å²) in [4.78, 5) is 15.0. The van der Waals surface area contributed by atoms with E-state index in [1.54, 1.807) is 0 Å². The summed E-state index contributed by atoms with van der Waals surface area (Å²) in [5.74, 6) is 1.13. The van der Waals surface area contributed by atoms with Crippen molar-refractivity contribution in [1.29, 1.82) is 0 Å². The third kappa shape index (κ3) is 3.12. The molecule has 0 saturated carbocycles. The fourth-order valence-corrected chi connectivity index (χ4v) is 4.46. The smallest absolute Gasteiger partial charge is 0.253 e. The minimum Gasteiger partial charge on any atom is -0.492 e. The fraction of sp³-hybridized carbons (Fsp3) is 0.435. The molecule has 2 aliphatic heterocycles. The molecule has 0 atom stereocenters. The van der Waals surface area contributed by atoms with Gasteiger partial charge in [0.05, 0.1) is 6.61 Å². The van der Waals surface area contributed by atoms with Gasteiger partial charge in [0, 0.05) is 36.2 Å². The van der Waals surface area contributed by atoms with Crippen LogP contribution in [0.5, 0.6) is 5.75 Å². The molecule has 4 heteroatoms. The van der Waals surface area contributed by atoms with Gasteiger partial charge >= 0.3 is 0 Å². The van der Waals surface area contributed by atoms with Crippen LogP contribution in [0.25, 0.3) is 0 Å². The van der Waals surface area contributed by atoms with Gasteiger partial charge in [-0.3, -0.25) is 4.79 Å². The molecular weight excluding hydrogens is 336 g/mol. The van der Waals surface area contributed by atoms with Gasteiger partial charge in [0.15, 0.2) is 0 Å². The summed E-state index contributed by atoms with van der Waals surface area (Å²) in [7, 11) is 0. The monoisotopic (exact) mass is 364 g/mol. The van der Waals surface area contributed by atoms with E-state index in [9.17, 15) is 4.79 Å². The molecule has 4 rings (SSSR count). The Bertz CT molecular complexity index is 867. The molecule has 1 fully saturated rings. The van der Waals surface area contributed by atoms with Crippen molar-refractivity contribution < 1.29 is 9.53 Å². The minimum atomic E-state index is 0.0269. The van der Waals surface area contributed by atoms with E-state index in [1.165, 1.54) is 16.7 Å². The van der Waals surface area contributed by atoms with E-state index in [0.717, 1.165) is 49.2 Å². The third-order valence-electron chi connectivity index (χ3n) is 6.34. The molecule has 0 unspecified atom stereocenters. The number of hydrogen-bond acceptors (Lipinski definition) is 3. The second kappa shape index (κ2) is 7.01. The second-order valence-corrected chi connectivity index (χ2v) is 7.89. The molecule has 2 N–H and O–H groups in total. The number of aryl methyl sites for hydroxylation is 2. The number of rotatable bonds is 3. The van der Waals surface area contributed by atoms with Gasteiger partial charge in [-0.1, -0.05) is 25.1 Å². The summed E-state index contributed by atoms with van der Waals surface area (Å²) < 4.78 is 5.97. The highest BCUT2D eigenvalue weighted by molar-refractivity contribution is 5.94. The van der Waals surface area contributed by atoms with Crippen LogP contribution in [0.4, 0.5) is 0 Å². The van der Waals surface area contributed by atoms with E-state index in [0.29, 0.717) is 13.2 Å². The molecule has 1 spiro atoms. The number of amides is 1. The van der Waals surface area contributed by atoms with Crippen LogP contribution in [-0.4, -0.2) is 30.5 Å². The molecule has 4 nitrogen and oxygen atoms in total. The van der Waals surface area contributed by atoms with Gasteiger partial charge in [0.2, 0.25) is 0 Å². The van der Waals surface area contributed by atoms with E-state index in [2.05, 4.69) is 32.0 Å². The summed E-state index contributed by atoms with van der Waals surface area (Å²) in [5.41, 5.74) is 11.6. The summed E-state index contributed by atoms with van der Waals surface area (Å²) >= 11 is 0. The number of ether oxygens (including phenoxy) is 1. The standard InChI is InChI=1S/C23H28N2O2/c1-3-18-13-19(6-4-16(18)2)22(26)25-10-8-23(9-11-25)15-27-21-7-5-17(14-24)12-20(21)23/h4-7,12-13H,3,8-11,14-15,24H2,1-2H3. The molecule has 0 radical (unpaired) electrons. The quantitative estimate of drug-likeness (QED) is 0.906. The Morgan fingerprint density at radius 2 is 1.96 bits per heavy atom. The van der Waals surface area contributed by atoms with Crippen LogP contribution in [0.2, 0.25) is 0 Å². The summed E-state index contributed by atoms with van der Waals surface area (Å²) in [6, 6.07) is 12.4. The van der Waals surface area contributed by atoms with Gasteiger partial charge in [-0.15, -0.1) is 0 Å². The number of nitrogens with zero attached hydrogens (tertiary/aromatic N) is 1. The molecule has 0 aliphatic carbocycles. The third-order valence-corrected chi connectivity index (χ3v) is 6.34. The maximum absolute atomic E-state index is 13.0. The highest BCUT2D eigenvalue weighted by atomic mass is 16.5. The van der Waals surface area contributed by atoms with Gasteiger partial charge < -0.3 is 15.4 Å². The van der Waals surface area contributed by atoms with E-state index < -0.39 is 0 Å². The molecule has 0 bridgehead atoms. The molecule has 27 heavy (non-hydrogen) atoms. The minimum absolute atomic E-state index is 0.0269. The lowest BCUT2D eigenvalue weighted by Gasteiger charge is -2.38. The maximum Gasteiger partial charge on any atom is 0.253 e. The predicted octanol–water partition coefficient (Wildman–Crippen LogP) is 3.58. The Hall–Kier alpha value is -2.33. The van der Waals surface area contributed by atoms with E-state index in [1.807, 2.05) is 23.1 Å². The van der Waals surface area contributed by atoms with Crippen LogP contribution >= 0.6 is 0 Å². The predicted molar refractivity (Wildman–Crippen MR) is 107 cm³/mol. The van der Waals surface area contributed by atoms with E-state index >= 15 is 0 Å². The largest absolute Gasteiger partial charge is 0.492 e. The highest BCUT2D eigenvalue weighted by Gasteiger charge is 2.43. The van der Waals surface area contributed by atoms with Crippen molar-refractivity contribution in [3.8, 4) is 5.75 Å². The second-order valence-electron chi connectivity index (χ2n) is 7.89. The summed E-state index contributed by atoms with van der Waals surface area (Å²) in [6.07, 6.45) is 2.83. The highest BCUT2D eigenvalue weighted by Crippen LogP contribution is 2.46. The van der Waals surface area contributed by atoms with Gasteiger partial charge in [0.1, 0.15) is 5.75 Å². The van der Waals surface area contributed by atoms with Crippen molar-refractivity contribution in [3.63, 3.8) is 0 Å². The Labute approximate surface area is 161 Å². The van der Waals surface area contributed by atoms with Crippen LogP contribution in [0, 0.1) is 6.92 Å². The molecule has 1 saturated heterocycles. The molecule has 2 heterocycles. The zero-order valence-corrected chi connectivity index (χ0v) is 16.3. The summed E-state index contributed by atoms with van der Waals surface area (Å²) in [5, 5.41) is 0. The number of piperidine rings is 1. The van der Waals surface area contributed by atoms with Crippen molar-refractivity contribution in [3.05, 3.63) is 64.2 Å². The van der Waals surface area contributed by atoms with Crippen molar-refractivity contribution in [2.75, 3.05) is 19.7 Å². The van der Waals surface area contributed by atoms with Crippen molar-refractivity contribution in [2.45, 2.75) is 45.1 Å². The number of hydrogen-bond donors (Lipinski definition) is 1. The fourth-order valence-electron chi connectivity index (χ4n) is 4.46. The molecule has 2 aromatic rings. The van der Waals surface area contributed by atoms with Gasteiger partial charge in [-0.25, -0.2) is 0 Å². The van der Waals surface area contributed by atoms with Crippen LogP contribution in [-0.2, 0) is 18.4 Å². The van der Waals surface area contributed by atoms with Crippen LogP contribution in [0.1, 0.15) is 52.4 Å². The molecule has 0 aromatic heterocycles. The molecule has 142 valence electrons. The number of nitrogens with two attached hydrogens (primary N) is 1. The first-order valence-electron chi connectivity index (χ1n) is 9.91. The topological polar surface area (TPSA) is 55.6 Å². The molecular formula is C23H28N2O2. The Morgan fingerprint density at radius 3 is 2.67 bits per heavy atom. The van der Waals surface area contributed by atoms with Crippen LogP contribution in [0.15, 0.2) is 36.4 Å². The SMILES string of the molecule is CCc1cc(C(=O)N2CCC3(CC2)COc2ccc(CN)cc23)ccc1C. The van der Waals surface area contributed by atoms with Crippen LogP contribution < -0.4 is 10.5 Å². The zero-order valence-electron chi connectivity index (χ0n) is 16.3. The number of likely N-dealkylation sites (tertiary alicyclic amines) is 1. The maximum atomic E-state index is 13.0. The van der Waals surface area contributed by atoms with Crippen molar-refractivity contribution >= 4 is 5.91 Å². The molecule has 2 aliphatic rings. The lowest BCUT2D eigenvalue weighted by Crippen LogP contribution is -2.46. The first kappa shape index (κ1) is 18.1. The zero-order chi connectivity index (χ0) is 19.0. The van der Waals surface area contributed by atoms with Gasteiger partial charge in [-0.2, -0.15) is 0 Å². The number of benzene rings is 2. The Kier molecular flexibility index (Phi) is 4.68. The van der Waals surface area contributed by atoms with Crippen molar-refractivity contribution in [2.24, 2.45) is 5.73 Å². The Morgan fingerprint density at radius 1 is 1.19 bits per heavy atom.